The van der Waals surface area contributed by atoms with Crippen molar-refractivity contribution in [3.63, 3.8) is 0 Å². The van der Waals surface area contributed by atoms with Gasteiger partial charge in [-0.2, -0.15) is 0 Å². The molecule has 2 unspecified atom stereocenters. The molecule has 2 aliphatic rings. The van der Waals surface area contributed by atoms with Crippen molar-refractivity contribution in [1.82, 2.24) is 20.1 Å². The SMILES string of the molecule is COc1cccc(C(=O)N2CCN(C(=O)c3cncc(Br)c3)C2C(=O)NC(CC(=O)O)C2CCCCC2)c1. The number of hydrogen-bond acceptors (Lipinski definition) is 6. The number of aliphatic carboxylic acids is 1. The van der Waals surface area contributed by atoms with E-state index < -0.39 is 35.9 Å². The van der Waals surface area contributed by atoms with Gasteiger partial charge in [0, 0.05) is 41.6 Å². The molecule has 4 rings (SSSR count). The van der Waals surface area contributed by atoms with Crippen molar-refractivity contribution in [2.24, 2.45) is 5.92 Å². The number of nitrogens with one attached hydrogen (secondary N) is 1. The van der Waals surface area contributed by atoms with Crippen molar-refractivity contribution in [1.29, 1.82) is 0 Å². The molecule has 2 atom stereocenters. The number of carboxylic acid groups (broad SMARTS) is 1. The number of nitrogens with zero attached hydrogens (tertiary/aromatic N) is 3. The zero-order valence-electron chi connectivity index (χ0n) is 21.1. The van der Waals surface area contributed by atoms with E-state index in [0.29, 0.717) is 15.8 Å². The first kappa shape index (κ1) is 27.6. The highest BCUT2D eigenvalue weighted by molar-refractivity contribution is 9.10. The van der Waals surface area contributed by atoms with Gasteiger partial charge in [-0.3, -0.25) is 24.2 Å². The van der Waals surface area contributed by atoms with E-state index >= 15 is 0 Å². The Morgan fingerprint density at radius 1 is 1.05 bits per heavy atom. The van der Waals surface area contributed by atoms with Crippen LogP contribution in [0.25, 0.3) is 0 Å². The molecule has 0 radical (unpaired) electrons. The molecule has 2 heterocycles. The number of hydrogen-bond donors (Lipinski definition) is 2. The lowest BCUT2D eigenvalue weighted by molar-refractivity contribution is -0.138. The summed E-state index contributed by atoms with van der Waals surface area (Å²) in [6.07, 6.45) is 6.15. The summed E-state index contributed by atoms with van der Waals surface area (Å²) < 4.78 is 5.85. The Kier molecular flexibility index (Phi) is 8.98. The minimum atomic E-state index is -1.25. The predicted octanol–water partition coefficient (Wildman–Crippen LogP) is 3.32. The lowest BCUT2D eigenvalue weighted by atomic mass is 9.82. The maximum absolute atomic E-state index is 13.8. The molecular weight excluding hydrogens is 556 g/mol. The average Bonchev–Trinajstić information content (AvgIpc) is 3.37. The molecule has 202 valence electrons. The van der Waals surface area contributed by atoms with E-state index in [1.807, 2.05) is 0 Å². The zero-order chi connectivity index (χ0) is 27.2. The summed E-state index contributed by atoms with van der Waals surface area (Å²) in [6.45, 7) is 0.264. The molecule has 2 N–H and O–H groups in total. The first-order valence-electron chi connectivity index (χ1n) is 12.7. The Labute approximate surface area is 229 Å². The lowest BCUT2D eigenvalue weighted by Gasteiger charge is -2.34. The molecule has 1 aromatic heterocycles. The second kappa shape index (κ2) is 12.4. The van der Waals surface area contributed by atoms with Crippen LogP contribution in [0.2, 0.25) is 0 Å². The van der Waals surface area contributed by atoms with Crippen LogP contribution in [0, 0.1) is 5.92 Å². The topological polar surface area (TPSA) is 129 Å². The molecule has 10 nitrogen and oxygen atoms in total. The van der Waals surface area contributed by atoms with Gasteiger partial charge in [-0.05, 0) is 59.0 Å². The predicted molar refractivity (Wildman–Crippen MR) is 142 cm³/mol. The van der Waals surface area contributed by atoms with Crippen LogP contribution < -0.4 is 10.1 Å². The molecule has 2 fully saturated rings. The fraction of sp³-hybridized carbons (Fsp3) is 0.444. The van der Waals surface area contributed by atoms with E-state index in [1.54, 1.807) is 36.5 Å². The first-order valence-corrected chi connectivity index (χ1v) is 13.5. The van der Waals surface area contributed by atoms with E-state index in [4.69, 9.17) is 4.74 Å². The van der Waals surface area contributed by atoms with Gasteiger partial charge in [-0.1, -0.05) is 25.3 Å². The van der Waals surface area contributed by atoms with Gasteiger partial charge in [0.05, 0.1) is 19.1 Å². The van der Waals surface area contributed by atoms with Crippen molar-refractivity contribution < 1.29 is 29.0 Å². The zero-order valence-corrected chi connectivity index (χ0v) is 22.7. The number of benzene rings is 1. The molecule has 3 amide bonds. The minimum absolute atomic E-state index is 0.0196. The highest BCUT2D eigenvalue weighted by Crippen LogP contribution is 2.29. The third-order valence-electron chi connectivity index (χ3n) is 7.14. The maximum Gasteiger partial charge on any atom is 0.305 e. The molecule has 0 bridgehead atoms. The number of ether oxygens (including phenoxy) is 1. The van der Waals surface area contributed by atoms with Crippen LogP contribution in [0.3, 0.4) is 0 Å². The number of rotatable bonds is 8. The van der Waals surface area contributed by atoms with Crippen LogP contribution >= 0.6 is 15.9 Å². The number of amides is 3. The Hall–Kier alpha value is -3.47. The highest BCUT2D eigenvalue weighted by Gasteiger charge is 2.44. The molecule has 2 aromatic rings. The molecule has 38 heavy (non-hydrogen) atoms. The summed E-state index contributed by atoms with van der Waals surface area (Å²) in [5, 5.41) is 12.5. The first-order chi connectivity index (χ1) is 18.3. The fourth-order valence-corrected chi connectivity index (χ4v) is 5.64. The van der Waals surface area contributed by atoms with Gasteiger partial charge in [0.25, 0.3) is 17.7 Å². The summed E-state index contributed by atoms with van der Waals surface area (Å²) in [6, 6.07) is 7.60. The largest absolute Gasteiger partial charge is 0.497 e. The van der Waals surface area contributed by atoms with Gasteiger partial charge < -0.3 is 25.0 Å². The fourth-order valence-electron chi connectivity index (χ4n) is 5.27. The number of carboxylic acids is 1. The molecule has 1 aromatic carbocycles. The number of halogens is 1. The second-order valence-corrected chi connectivity index (χ2v) is 10.5. The van der Waals surface area contributed by atoms with Crippen LogP contribution in [0.4, 0.5) is 0 Å². The van der Waals surface area contributed by atoms with Crippen molar-refractivity contribution in [3.05, 3.63) is 58.3 Å². The lowest BCUT2D eigenvalue weighted by Crippen LogP contribution is -2.57. The summed E-state index contributed by atoms with van der Waals surface area (Å²) in [4.78, 5) is 59.3. The highest BCUT2D eigenvalue weighted by atomic mass is 79.9. The summed E-state index contributed by atoms with van der Waals surface area (Å²) in [7, 11) is 1.50. The quantitative estimate of drug-likeness (QED) is 0.485. The van der Waals surface area contributed by atoms with Crippen LogP contribution in [0.15, 0.2) is 47.2 Å². The van der Waals surface area contributed by atoms with Gasteiger partial charge in [0.1, 0.15) is 5.75 Å². The second-order valence-electron chi connectivity index (χ2n) is 9.61. The van der Waals surface area contributed by atoms with Gasteiger partial charge in [-0.15, -0.1) is 0 Å². The normalized spacial score (nSPS) is 18.6. The van der Waals surface area contributed by atoms with Gasteiger partial charge in [0.2, 0.25) is 0 Å². The van der Waals surface area contributed by atoms with Crippen molar-refractivity contribution in [2.75, 3.05) is 20.2 Å². The average molecular weight is 587 g/mol. The Balaban J connectivity index is 1.65. The van der Waals surface area contributed by atoms with E-state index in [1.165, 1.54) is 23.1 Å². The van der Waals surface area contributed by atoms with E-state index in [-0.39, 0.29) is 31.0 Å². The Morgan fingerprint density at radius 2 is 1.74 bits per heavy atom. The molecule has 11 heteroatoms. The minimum Gasteiger partial charge on any atom is -0.497 e. The number of carbonyl (C=O) groups excluding carboxylic acids is 3. The third-order valence-corrected chi connectivity index (χ3v) is 7.57. The molecule has 1 saturated heterocycles. The molecule has 1 aliphatic heterocycles. The summed E-state index contributed by atoms with van der Waals surface area (Å²) in [5.74, 6) is -1.96. The molecule has 0 spiro atoms. The molecule has 1 aliphatic carbocycles. The van der Waals surface area contributed by atoms with Crippen LogP contribution in [0.1, 0.15) is 59.2 Å². The monoisotopic (exact) mass is 586 g/mol. The van der Waals surface area contributed by atoms with Crippen LogP contribution in [-0.2, 0) is 9.59 Å². The Bertz CT molecular complexity index is 1200. The van der Waals surface area contributed by atoms with Crippen molar-refractivity contribution >= 4 is 39.6 Å². The standard InChI is InChI=1S/C27H31BrN4O6/c1-38-21-9-5-8-18(13-21)26(36)31-10-11-32(27(37)19-12-20(28)16-29-15-19)25(31)24(35)30-22(14-23(33)34)17-6-3-2-4-7-17/h5,8-9,12-13,15-17,22,25H,2-4,6-7,10-11,14H2,1H3,(H,30,35)(H,33,34). The van der Waals surface area contributed by atoms with Crippen LogP contribution in [-0.4, -0.2) is 76.0 Å². The van der Waals surface area contributed by atoms with Crippen molar-refractivity contribution in [2.45, 2.75) is 50.7 Å². The summed E-state index contributed by atoms with van der Waals surface area (Å²) >= 11 is 3.32. The number of carbonyl (C=O) groups is 4. The number of aromatic nitrogens is 1. The van der Waals surface area contributed by atoms with E-state index in [2.05, 4.69) is 26.2 Å². The smallest absolute Gasteiger partial charge is 0.305 e. The maximum atomic E-state index is 13.8. The van der Waals surface area contributed by atoms with Gasteiger partial charge in [-0.25, -0.2) is 0 Å². The molecule has 1 saturated carbocycles. The summed E-state index contributed by atoms with van der Waals surface area (Å²) in [5.41, 5.74) is 0.581. The van der Waals surface area contributed by atoms with Gasteiger partial charge >= 0.3 is 5.97 Å². The third kappa shape index (κ3) is 6.32. The van der Waals surface area contributed by atoms with Gasteiger partial charge in [0.15, 0.2) is 6.17 Å². The Morgan fingerprint density at radius 3 is 2.37 bits per heavy atom. The molecular formula is C27H31BrN4O6. The number of pyridine rings is 1. The van der Waals surface area contributed by atoms with E-state index in [9.17, 15) is 24.3 Å². The van der Waals surface area contributed by atoms with Crippen LogP contribution in [0.5, 0.6) is 5.75 Å². The van der Waals surface area contributed by atoms with Crippen molar-refractivity contribution in [3.8, 4) is 5.75 Å². The number of methoxy groups -OCH3 is 1. The van der Waals surface area contributed by atoms with E-state index in [0.717, 1.165) is 32.1 Å².